The summed E-state index contributed by atoms with van der Waals surface area (Å²) in [4.78, 5) is 11.9. The summed E-state index contributed by atoms with van der Waals surface area (Å²) in [6, 6.07) is 9.12. The molecular weight excluding hydrogens is 294 g/mol. The number of carbonyl (C=O) groups excluding carboxylic acids is 1. The second-order valence-electron chi connectivity index (χ2n) is 3.86. The summed E-state index contributed by atoms with van der Waals surface area (Å²) in [5.41, 5.74) is 2.45. The van der Waals surface area contributed by atoms with Crippen molar-refractivity contribution in [1.82, 2.24) is 15.5 Å². The topological polar surface area (TPSA) is 54.9 Å². The van der Waals surface area contributed by atoms with Crippen LogP contribution >= 0.6 is 15.9 Å². The zero-order valence-corrected chi connectivity index (χ0v) is 11.4. The molecule has 1 amide bonds. The average molecular weight is 306 g/mol. The molecule has 18 heavy (non-hydrogen) atoms. The normalized spacial score (nSPS) is 10.1. The Morgan fingerprint density at radius 2 is 2.22 bits per heavy atom. The van der Waals surface area contributed by atoms with E-state index in [1.54, 1.807) is 24.4 Å². The number of rotatable bonds is 3. The van der Waals surface area contributed by atoms with Gasteiger partial charge in [0.15, 0.2) is 0 Å². The van der Waals surface area contributed by atoms with Crippen molar-refractivity contribution in [3.8, 4) is 0 Å². The minimum absolute atomic E-state index is 0.124. The molecule has 4 nitrogen and oxygen atoms in total. The van der Waals surface area contributed by atoms with Crippen molar-refractivity contribution in [2.45, 2.75) is 13.5 Å². The quantitative estimate of drug-likeness (QED) is 0.948. The number of hydrogen-bond acceptors (Lipinski definition) is 3. The van der Waals surface area contributed by atoms with Crippen molar-refractivity contribution in [2.75, 3.05) is 0 Å². The number of nitrogens with one attached hydrogen (secondary N) is 1. The molecule has 0 saturated heterocycles. The van der Waals surface area contributed by atoms with E-state index < -0.39 is 0 Å². The third-order valence-corrected chi connectivity index (χ3v) is 3.35. The van der Waals surface area contributed by atoms with Gasteiger partial charge in [0, 0.05) is 16.2 Å². The van der Waals surface area contributed by atoms with Gasteiger partial charge in [-0.2, -0.15) is 10.2 Å². The Bertz CT molecular complexity index is 557. The van der Waals surface area contributed by atoms with Gasteiger partial charge in [0.05, 0.1) is 12.2 Å². The maximum absolute atomic E-state index is 11.9. The fourth-order valence-electron chi connectivity index (χ4n) is 1.43. The number of benzene rings is 1. The fourth-order valence-corrected chi connectivity index (χ4v) is 1.81. The summed E-state index contributed by atoms with van der Waals surface area (Å²) in [6.45, 7) is 2.35. The lowest BCUT2D eigenvalue weighted by Crippen LogP contribution is -2.23. The molecule has 2 rings (SSSR count). The van der Waals surface area contributed by atoms with Crippen LogP contribution in [0.4, 0.5) is 0 Å². The maximum Gasteiger partial charge on any atom is 0.251 e. The summed E-state index contributed by atoms with van der Waals surface area (Å²) in [5, 5.41) is 10.5. The molecule has 1 heterocycles. The van der Waals surface area contributed by atoms with Crippen LogP contribution in [0.1, 0.15) is 21.6 Å². The monoisotopic (exact) mass is 305 g/mol. The molecular formula is C13H12BrN3O. The minimum atomic E-state index is -0.124. The number of amides is 1. The summed E-state index contributed by atoms with van der Waals surface area (Å²) in [7, 11) is 0. The molecule has 0 saturated carbocycles. The van der Waals surface area contributed by atoms with Crippen molar-refractivity contribution >= 4 is 21.8 Å². The first-order valence-corrected chi connectivity index (χ1v) is 6.27. The van der Waals surface area contributed by atoms with E-state index in [1.807, 2.05) is 19.1 Å². The second kappa shape index (κ2) is 5.73. The first kappa shape index (κ1) is 12.7. The predicted molar refractivity (Wildman–Crippen MR) is 72.1 cm³/mol. The van der Waals surface area contributed by atoms with Crippen LogP contribution in [0.25, 0.3) is 0 Å². The van der Waals surface area contributed by atoms with Crippen LogP contribution in [-0.4, -0.2) is 16.1 Å². The lowest BCUT2D eigenvalue weighted by atomic mass is 10.1. The minimum Gasteiger partial charge on any atom is -0.346 e. The van der Waals surface area contributed by atoms with E-state index in [0.29, 0.717) is 12.1 Å². The molecule has 0 unspecified atom stereocenters. The third kappa shape index (κ3) is 3.13. The van der Waals surface area contributed by atoms with E-state index in [2.05, 4.69) is 31.4 Å². The summed E-state index contributed by atoms with van der Waals surface area (Å²) in [6.07, 6.45) is 1.60. The van der Waals surface area contributed by atoms with Crippen LogP contribution in [0.3, 0.4) is 0 Å². The molecule has 92 valence electrons. The van der Waals surface area contributed by atoms with Crippen LogP contribution in [0.5, 0.6) is 0 Å². The summed E-state index contributed by atoms with van der Waals surface area (Å²) in [5.74, 6) is -0.124. The molecule has 1 N–H and O–H groups in total. The Morgan fingerprint density at radius 1 is 1.39 bits per heavy atom. The first-order chi connectivity index (χ1) is 8.66. The lowest BCUT2D eigenvalue weighted by molar-refractivity contribution is 0.0950. The smallest absolute Gasteiger partial charge is 0.251 e. The number of nitrogens with zero attached hydrogens (tertiary/aromatic N) is 2. The Morgan fingerprint density at radius 3 is 2.89 bits per heavy atom. The van der Waals surface area contributed by atoms with Crippen molar-refractivity contribution in [2.24, 2.45) is 0 Å². The molecule has 0 radical (unpaired) electrons. The Labute approximate surface area is 114 Å². The van der Waals surface area contributed by atoms with Gasteiger partial charge in [0.1, 0.15) is 0 Å². The molecule has 0 bridgehead atoms. The molecule has 0 aliphatic carbocycles. The molecule has 0 spiro atoms. The Kier molecular flexibility index (Phi) is 4.04. The average Bonchev–Trinajstić information content (AvgIpc) is 2.40. The van der Waals surface area contributed by atoms with E-state index in [4.69, 9.17) is 0 Å². The predicted octanol–water partition coefficient (Wildman–Crippen LogP) is 2.48. The van der Waals surface area contributed by atoms with Gasteiger partial charge >= 0.3 is 0 Å². The van der Waals surface area contributed by atoms with E-state index in [0.717, 1.165) is 15.7 Å². The van der Waals surface area contributed by atoms with Gasteiger partial charge in [0.25, 0.3) is 5.91 Å². The van der Waals surface area contributed by atoms with Crippen molar-refractivity contribution < 1.29 is 4.79 Å². The fraction of sp³-hybridized carbons (Fsp3) is 0.154. The third-order valence-electron chi connectivity index (χ3n) is 2.49. The molecule has 5 heteroatoms. The Hall–Kier alpha value is -1.75. The Balaban J connectivity index is 2.02. The van der Waals surface area contributed by atoms with Crippen LogP contribution in [0, 0.1) is 6.92 Å². The number of carbonyl (C=O) groups is 1. The summed E-state index contributed by atoms with van der Waals surface area (Å²) < 4.78 is 0.926. The van der Waals surface area contributed by atoms with Gasteiger partial charge in [-0.05, 0) is 36.8 Å². The number of hydrogen-bond donors (Lipinski definition) is 1. The summed E-state index contributed by atoms with van der Waals surface area (Å²) >= 11 is 3.41. The second-order valence-corrected chi connectivity index (χ2v) is 4.72. The number of aromatic nitrogens is 2. The zero-order valence-electron chi connectivity index (χ0n) is 9.85. The maximum atomic E-state index is 11.9. The molecule has 0 aliphatic rings. The van der Waals surface area contributed by atoms with Crippen LogP contribution < -0.4 is 5.32 Å². The molecule has 0 fully saturated rings. The molecule has 1 aromatic carbocycles. The molecule has 0 atom stereocenters. The van der Waals surface area contributed by atoms with Crippen LogP contribution in [0.2, 0.25) is 0 Å². The highest BCUT2D eigenvalue weighted by atomic mass is 79.9. The van der Waals surface area contributed by atoms with Gasteiger partial charge in [-0.25, -0.2) is 0 Å². The van der Waals surface area contributed by atoms with E-state index in [1.165, 1.54) is 0 Å². The van der Waals surface area contributed by atoms with Crippen molar-refractivity contribution in [1.29, 1.82) is 0 Å². The highest BCUT2D eigenvalue weighted by Gasteiger charge is 2.07. The van der Waals surface area contributed by atoms with Gasteiger partial charge in [-0.15, -0.1) is 0 Å². The highest BCUT2D eigenvalue weighted by Crippen LogP contribution is 2.17. The molecule has 1 aromatic heterocycles. The van der Waals surface area contributed by atoms with E-state index in [9.17, 15) is 4.79 Å². The van der Waals surface area contributed by atoms with E-state index in [-0.39, 0.29) is 5.91 Å². The van der Waals surface area contributed by atoms with Gasteiger partial charge in [0.2, 0.25) is 0 Å². The van der Waals surface area contributed by atoms with Crippen LogP contribution in [-0.2, 0) is 6.54 Å². The molecule has 2 aromatic rings. The number of halogens is 1. The SMILES string of the molecule is Cc1ccc(C(=O)NCc2cccnn2)cc1Br. The standard InChI is InChI=1S/C13H12BrN3O/c1-9-4-5-10(7-12(9)14)13(18)15-8-11-3-2-6-16-17-11/h2-7H,8H2,1H3,(H,15,18). The largest absolute Gasteiger partial charge is 0.346 e. The highest BCUT2D eigenvalue weighted by molar-refractivity contribution is 9.10. The van der Waals surface area contributed by atoms with Gasteiger partial charge < -0.3 is 5.32 Å². The first-order valence-electron chi connectivity index (χ1n) is 5.48. The lowest BCUT2D eigenvalue weighted by Gasteiger charge is -2.05. The van der Waals surface area contributed by atoms with Gasteiger partial charge in [-0.1, -0.05) is 22.0 Å². The van der Waals surface area contributed by atoms with Crippen molar-refractivity contribution in [3.63, 3.8) is 0 Å². The molecule has 0 aliphatic heterocycles. The van der Waals surface area contributed by atoms with Gasteiger partial charge in [-0.3, -0.25) is 4.79 Å². The zero-order chi connectivity index (χ0) is 13.0. The number of aryl methyl sites for hydroxylation is 1. The van der Waals surface area contributed by atoms with Crippen LogP contribution in [0.15, 0.2) is 41.0 Å². The van der Waals surface area contributed by atoms with E-state index >= 15 is 0 Å². The van der Waals surface area contributed by atoms with Crippen molar-refractivity contribution in [3.05, 3.63) is 57.8 Å².